The zero-order valence-electron chi connectivity index (χ0n) is 9.00. The molecule has 2 saturated heterocycles. The SMILES string of the molecule is CC(C)[C@@]12C[C@H]3C[C@@H](C1)[C@H](Br)[C@H](C3)O2. The van der Waals surface area contributed by atoms with Crippen LogP contribution in [0.3, 0.4) is 0 Å². The number of ether oxygens (including phenoxy) is 1. The van der Waals surface area contributed by atoms with Crippen molar-refractivity contribution >= 4 is 15.9 Å². The molecule has 1 nitrogen and oxygen atoms in total. The van der Waals surface area contributed by atoms with E-state index in [0.717, 1.165) is 11.8 Å². The molecular weight excluding hydrogens is 240 g/mol. The third-order valence-corrected chi connectivity index (χ3v) is 6.02. The third kappa shape index (κ3) is 1.16. The molecule has 0 aromatic carbocycles. The first kappa shape index (κ1) is 9.65. The topological polar surface area (TPSA) is 9.23 Å². The van der Waals surface area contributed by atoms with Gasteiger partial charge in [0.05, 0.1) is 11.7 Å². The largest absolute Gasteiger partial charge is 0.370 e. The average Bonchev–Trinajstić information content (AvgIpc) is 2.12. The second kappa shape index (κ2) is 2.98. The van der Waals surface area contributed by atoms with Crippen molar-refractivity contribution in [3.63, 3.8) is 0 Å². The Bertz CT molecular complexity index is 235. The lowest BCUT2D eigenvalue weighted by molar-refractivity contribution is -0.233. The predicted molar refractivity (Wildman–Crippen MR) is 60.6 cm³/mol. The Morgan fingerprint density at radius 1 is 1.29 bits per heavy atom. The van der Waals surface area contributed by atoms with E-state index in [1.54, 1.807) is 0 Å². The van der Waals surface area contributed by atoms with Crippen LogP contribution in [0.5, 0.6) is 0 Å². The molecule has 2 aliphatic heterocycles. The summed E-state index contributed by atoms with van der Waals surface area (Å²) in [7, 11) is 0. The Balaban J connectivity index is 1.92. The van der Waals surface area contributed by atoms with Gasteiger partial charge in [0, 0.05) is 4.83 Å². The van der Waals surface area contributed by atoms with E-state index in [1.165, 1.54) is 25.7 Å². The highest BCUT2D eigenvalue weighted by atomic mass is 79.9. The highest BCUT2D eigenvalue weighted by Gasteiger charge is 2.56. The molecule has 5 atom stereocenters. The van der Waals surface area contributed by atoms with Gasteiger partial charge in [0.1, 0.15) is 0 Å². The Kier molecular flexibility index (Phi) is 2.05. The molecule has 0 spiro atoms. The first-order chi connectivity index (χ1) is 6.61. The van der Waals surface area contributed by atoms with Crippen molar-refractivity contribution < 1.29 is 4.74 Å². The highest BCUT2D eigenvalue weighted by Crippen LogP contribution is 2.57. The fraction of sp³-hybridized carbons (Fsp3) is 1.00. The first-order valence-electron chi connectivity index (χ1n) is 5.92. The lowest BCUT2D eigenvalue weighted by Crippen LogP contribution is -2.61. The Morgan fingerprint density at radius 3 is 2.71 bits per heavy atom. The molecule has 0 unspecified atom stereocenters. The minimum Gasteiger partial charge on any atom is -0.370 e. The number of rotatable bonds is 1. The van der Waals surface area contributed by atoms with E-state index in [9.17, 15) is 0 Å². The minimum absolute atomic E-state index is 0.251. The summed E-state index contributed by atoms with van der Waals surface area (Å²) in [5.74, 6) is 2.54. The zero-order valence-corrected chi connectivity index (χ0v) is 10.6. The zero-order chi connectivity index (χ0) is 9.92. The van der Waals surface area contributed by atoms with Gasteiger partial charge in [-0.05, 0) is 43.4 Å². The van der Waals surface area contributed by atoms with E-state index < -0.39 is 0 Å². The molecule has 0 N–H and O–H groups in total. The summed E-state index contributed by atoms with van der Waals surface area (Å²) in [5, 5.41) is 0. The average molecular weight is 259 g/mol. The molecule has 4 fully saturated rings. The molecule has 4 rings (SSSR count). The summed E-state index contributed by atoms with van der Waals surface area (Å²) in [6.07, 6.45) is 5.90. The molecule has 0 amide bonds. The van der Waals surface area contributed by atoms with Gasteiger partial charge in [-0.25, -0.2) is 0 Å². The number of hydrogen-bond acceptors (Lipinski definition) is 1. The quantitative estimate of drug-likeness (QED) is 0.656. The molecule has 0 aromatic rings. The van der Waals surface area contributed by atoms with Crippen LogP contribution in [-0.2, 0) is 4.74 Å². The molecule has 14 heavy (non-hydrogen) atoms. The van der Waals surface area contributed by atoms with Crippen LogP contribution >= 0.6 is 15.9 Å². The van der Waals surface area contributed by atoms with Gasteiger partial charge in [0.15, 0.2) is 0 Å². The van der Waals surface area contributed by atoms with Crippen molar-refractivity contribution in [3.8, 4) is 0 Å². The fourth-order valence-corrected chi connectivity index (χ4v) is 4.64. The van der Waals surface area contributed by atoms with Gasteiger partial charge < -0.3 is 4.74 Å². The van der Waals surface area contributed by atoms with Gasteiger partial charge in [0.2, 0.25) is 0 Å². The monoisotopic (exact) mass is 258 g/mol. The molecule has 2 aliphatic carbocycles. The Morgan fingerprint density at radius 2 is 2.07 bits per heavy atom. The van der Waals surface area contributed by atoms with Crippen molar-refractivity contribution in [2.45, 2.75) is 56.1 Å². The van der Waals surface area contributed by atoms with Crippen molar-refractivity contribution in [1.29, 1.82) is 0 Å². The standard InChI is InChI=1S/C12H19BrO/c1-7(2)12-5-8-3-9(6-12)11(13)10(4-8)14-12/h7-11H,3-6H2,1-2H3/t8-,9-,10-,11-,12+/m0/s1. The molecule has 2 heteroatoms. The molecule has 2 heterocycles. The van der Waals surface area contributed by atoms with Crippen molar-refractivity contribution in [1.82, 2.24) is 0 Å². The van der Waals surface area contributed by atoms with Crippen LogP contribution in [0.25, 0.3) is 0 Å². The van der Waals surface area contributed by atoms with Gasteiger partial charge in [-0.1, -0.05) is 29.8 Å². The molecule has 80 valence electrons. The Hall–Kier alpha value is 0.440. The highest BCUT2D eigenvalue weighted by molar-refractivity contribution is 9.09. The van der Waals surface area contributed by atoms with Crippen LogP contribution in [0.15, 0.2) is 0 Å². The number of halogens is 1. The summed E-state index contributed by atoms with van der Waals surface area (Å²) >= 11 is 3.83. The van der Waals surface area contributed by atoms with Crippen molar-refractivity contribution in [2.75, 3.05) is 0 Å². The van der Waals surface area contributed by atoms with Crippen molar-refractivity contribution in [3.05, 3.63) is 0 Å². The predicted octanol–water partition coefficient (Wildman–Crippen LogP) is 3.36. The van der Waals surface area contributed by atoms with E-state index in [-0.39, 0.29) is 5.60 Å². The summed E-state index contributed by atoms with van der Waals surface area (Å²) in [6, 6.07) is 0. The Labute approximate surface area is 94.7 Å². The van der Waals surface area contributed by atoms with Gasteiger partial charge in [-0.15, -0.1) is 0 Å². The molecule has 4 bridgehead atoms. The van der Waals surface area contributed by atoms with E-state index in [4.69, 9.17) is 4.74 Å². The van der Waals surface area contributed by atoms with E-state index in [2.05, 4.69) is 29.8 Å². The van der Waals surface area contributed by atoms with Crippen LogP contribution in [0.2, 0.25) is 0 Å². The number of hydrogen-bond donors (Lipinski definition) is 0. The molecule has 0 radical (unpaired) electrons. The van der Waals surface area contributed by atoms with Gasteiger partial charge in [0.25, 0.3) is 0 Å². The maximum Gasteiger partial charge on any atom is 0.0715 e. The maximum absolute atomic E-state index is 6.34. The first-order valence-corrected chi connectivity index (χ1v) is 6.84. The van der Waals surface area contributed by atoms with E-state index in [1.807, 2.05) is 0 Å². The summed E-state index contributed by atoms with van der Waals surface area (Å²) in [6.45, 7) is 4.66. The molecule has 0 aromatic heterocycles. The minimum atomic E-state index is 0.251. The normalized spacial score (nSPS) is 55.7. The van der Waals surface area contributed by atoms with E-state index in [0.29, 0.717) is 16.8 Å². The summed E-state index contributed by atoms with van der Waals surface area (Å²) < 4.78 is 6.34. The lowest BCUT2D eigenvalue weighted by atomic mass is 9.59. The van der Waals surface area contributed by atoms with Gasteiger partial charge >= 0.3 is 0 Å². The van der Waals surface area contributed by atoms with Gasteiger partial charge in [-0.3, -0.25) is 0 Å². The van der Waals surface area contributed by atoms with Crippen LogP contribution < -0.4 is 0 Å². The van der Waals surface area contributed by atoms with Crippen LogP contribution in [0, 0.1) is 17.8 Å². The molecule has 2 saturated carbocycles. The van der Waals surface area contributed by atoms with Crippen LogP contribution in [-0.4, -0.2) is 16.5 Å². The van der Waals surface area contributed by atoms with Crippen LogP contribution in [0.4, 0.5) is 0 Å². The summed E-state index contributed by atoms with van der Waals surface area (Å²) in [4.78, 5) is 0.644. The molecular formula is C12H19BrO. The van der Waals surface area contributed by atoms with E-state index >= 15 is 0 Å². The van der Waals surface area contributed by atoms with Crippen LogP contribution in [0.1, 0.15) is 39.5 Å². The smallest absolute Gasteiger partial charge is 0.0715 e. The summed E-state index contributed by atoms with van der Waals surface area (Å²) in [5.41, 5.74) is 0.251. The van der Waals surface area contributed by atoms with Gasteiger partial charge in [-0.2, -0.15) is 0 Å². The third-order valence-electron chi connectivity index (χ3n) is 4.69. The fourth-order valence-electron chi connectivity index (χ4n) is 3.91. The number of alkyl halides is 1. The second-order valence-corrected chi connectivity index (χ2v) is 6.88. The lowest BCUT2D eigenvalue weighted by Gasteiger charge is -2.60. The molecule has 4 aliphatic rings. The maximum atomic E-state index is 6.34. The second-order valence-electron chi connectivity index (χ2n) is 5.83. The van der Waals surface area contributed by atoms with Crippen molar-refractivity contribution in [2.24, 2.45) is 17.8 Å².